The third-order valence-electron chi connectivity index (χ3n) is 8.94. The summed E-state index contributed by atoms with van der Waals surface area (Å²) in [6.45, 7) is 11.3. The zero-order valence-electron chi connectivity index (χ0n) is 26.0. The molecule has 4 atom stereocenters. The number of methoxy groups -OCH3 is 1. The largest absolute Gasteiger partial charge is 0.385 e. The van der Waals surface area contributed by atoms with Crippen LogP contribution in [0.2, 0.25) is 29.7 Å². The summed E-state index contributed by atoms with van der Waals surface area (Å²) in [7, 11) is 0.798. The number of halogens is 4. The molecule has 5 nitrogen and oxygen atoms in total. The highest BCUT2D eigenvalue weighted by molar-refractivity contribution is 6.77. The molecule has 1 saturated heterocycles. The van der Waals surface area contributed by atoms with Gasteiger partial charge in [-0.15, -0.1) is 11.6 Å². The van der Waals surface area contributed by atoms with Crippen molar-refractivity contribution in [2.24, 2.45) is 0 Å². The highest BCUT2D eigenvalue weighted by Gasteiger charge is 2.63. The molecule has 1 fully saturated rings. The first kappa shape index (κ1) is 34.5. The van der Waals surface area contributed by atoms with E-state index in [0.717, 1.165) is 16.7 Å². The predicted octanol–water partition coefficient (Wildman–Crippen LogP) is 8.92. The van der Waals surface area contributed by atoms with Crippen molar-refractivity contribution in [3.8, 4) is 0 Å². The third kappa shape index (κ3) is 6.73. The number of rotatable bonds is 7. The van der Waals surface area contributed by atoms with E-state index in [4.69, 9.17) is 39.5 Å². The van der Waals surface area contributed by atoms with Crippen molar-refractivity contribution in [1.29, 1.82) is 0 Å². The van der Waals surface area contributed by atoms with Gasteiger partial charge in [-0.3, -0.25) is 9.59 Å². The van der Waals surface area contributed by atoms with Crippen LogP contribution in [0.15, 0.2) is 60.7 Å². The van der Waals surface area contributed by atoms with Crippen molar-refractivity contribution in [2.75, 3.05) is 24.9 Å². The monoisotopic (exact) mass is 676 g/mol. The Bertz CT molecular complexity index is 1530. The number of hydrogen-bond donors (Lipinski definition) is 1. The van der Waals surface area contributed by atoms with Crippen LogP contribution < -0.4 is 5.32 Å². The lowest BCUT2D eigenvalue weighted by atomic mass is 9.58. The lowest BCUT2D eigenvalue weighted by Gasteiger charge is -2.52. The van der Waals surface area contributed by atoms with E-state index in [1.54, 1.807) is 42.3 Å². The van der Waals surface area contributed by atoms with Crippen molar-refractivity contribution >= 4 is 60.4 Å². The molecule has 236 valence electrons. The number of benzene rings is 3. The van der Waals surface area contributed by atoms with E-state index < -0.39 is 31.3 Å². The van der Waals surface area contributed by atoms with Crippen molar-refractivity contribution < 1.29 is 18.7 Å². The fourth-order valence-corrected chi connectivity index (χ4v) is 7.44. The summed E-state index contributed by atoms with van der Waals surface area (Å²) in [6.07, 6.45) is 0.619. The van der Waals surface area contributed by atoms with Crippen molar-refractivity contribution in [1.82, 2.24) is 4.90 Å². The molecule has 0 saturated carbocycles. The third-order valence-corrected chi connectivity index (χ3v) is 12.3. The van der Waals surface area contributed by atoms with E-state index in [1.807, 2.05) is 25.1 Å². The first-order valence-corrected chi connectivity index (χ1v) is 19.6. The maximum absolute atomic E-state index is 14.7. The van der Waals surface area contributed by atoms with Crippen LogP contribution in [0.5, 0.6) is 0 Å². The molecule has 2 aliphatic heterocycles. The molecular weight excluding hydrogens is 638 g/mol. The minimum Gasteiger partial charge on any atom is -0.385 e. The van der Waals surface area contributed by atoms with Crippen molar-refractivity contribution in [2.45, 2.75) is 69.4 Å². The summed E-state index contributed by atoms with van der Waals surface area (Å²) in [4.78, 5) is 29.7. The Hall–Kier alpha value is -2.42. The fraction of sp³-hybridized carbons (Fsp3) is 0.412. The van der Waals surface area contributed by atoms with E-state index in [9.17, 15) is 14.0 Å². The molecule has 5 rings (SSSR count). The first-order chi connectivity index (χ1) is 20.7. The number of likely N-dealkylation sites (tertiary alicyclic amines) is 1. The first-order valence-electron chi connectivity index (χ1n) is 14.8. The highest BCUT2D eigenvalue weighted by atomic mass is 35.5. The number of carbonyl (C=O) groups is 2. The standard InChI is InChI=1S/C28H24Cl3FN2O2.C6H16OSi/c1-16-6-8-20(32)14-21(16)26-28(22-9-7-19(31)13-24(22)33-27(28)36)23(17-4-2-5-18(30)12-17)15-25(35)34(26)11-3-10-29;1-6(7-2)8(3,4)5/h2,4-9,12-14,23,26H,3,10-11,15H2,1H3,(H,33,36);6H,1-5H3. The summed E-state index contributed by atoms with van der Waals surface area (Å²) in [5.74, 6) is -1.02. The minimum atomic E-state index is -1.25. The van der Waals surface area contributed by atoms with Crippen LogP contribution in [0.25, 0.3) is 0 Å². The van der Waals surface area contributed by atoms with E-state index in [1.165, 1.54) is 12.1 Å². The van der Waals surface area contributed by atoms with Gasteiger partial charge in [-0.2, -0.15) is 0 Å². The van der Waals surface area contributed by atoms with Gasteiger partial charge >= 0.3 is 0 Å². The molecule has 0 aliphatic carbocycles. The summed E-state index contributed by atoms with van der Waals surface area (Å²) in [5, 5.41) is 4.01. The zero-order valence-corrected chi connectivity index (χ0v) is 29.3. The molecule has 0 aromatic heterocycles. The van der Waals surface area contributed by atoms with Gasteiger partial charge < -0.3 is 15.0 Å². The molecule has 3 aromatic carbocycles. The molecule has 0 radical (unpaired) electrons. The second-order valence-electron chi connectivity index (χ2n) is 12.6. The molecule has 2 aliphatic rings. The molecule has 3 aromatic rings. The van der Waals surface area contributed by atoms with Gasteiger partial charge in [0.25, 0.3) is 0 Å². The van der Waals surface area contributed by atoms with E-state index in [-0.39, 0.29) is 18.2 Å². The van der Waals surface area contributed by atoms with Crippen molar-refractivity contribution in [3.63, 3.8) is 0 Å². The summed E-state index contributed by atoms with van der Waals surface area (Å²) < 4.78 is 19.9. The van der Waals surface area contributed by atoms with Crippen LogP contribution in [0.1, 0.15) is 54.0 Å². The number of amides is 2. The molecular formula is C34H40Cl3FN2O3Si. The Morgan fingerprint density at radius 1 is 1.07 bits per heavy atom. The number of carbonyl (C=O) groups excluding carboxylic acids is 2. The molecule has 1 spiro atoms. The number of aryl methyl sites for hydroxylation is 1. The number of fused-ring (bicyclic) bond motifs is 2. The summed E-state index contributed by atoms with van der Waals surface area (Å²) in [6, 6.07) is 16.3. The zero-order chi connectivity index (χ0) is 32.4. The summed E-state index contributed by atoms with van der Waals surface area (Å²) in [5.41, 5.74) is 2.69. The predicted molar refractivity (Wildman–Crippen MR) is 181 cm³/mol. The smallest absolute Gasteiger partial charge is 0.238 e. The Morgan fingerprint density at radius 2 is 1.77 bits per heavy atom. The average molecular weight is 678 g/mol. The molecule has 2 heterocycles. The van der Waals surface area contributed by atoms with E-state index >= 15 is 0 Å². The molecule has 10 heteroatoms. The Balaban J connectivity index is 0.000000488. The number of alkyl halides is 1. The van der Waals surface area contributed by atoms with Crippen LogP contribution in [0, 0.1) is 12.7 Å². The molecule has 44 heavy (non-hydrogen) atoms. The lowest BCUT2D eigenvalue weighted by molar-refractivity contribution is -0.145. The van der Waals surface area contributed by atoms with Crippen LogP contribution in [0.4, 0.5) is 10.1 Å². The van der Waals surface area contributed by atoms with E-state index in [0.29, 0.717) is 45.9 Å². The SMILES string of the molecule is COC(C)[Si](C)(C)C.Cc1ccc(F)cc1C1N(CCCCl)C(=O)CC(c2cccc(Cl)c2)C12C(=O)Nc1cc(Cl)ccc12. The normalized spacial score (nSPS) is 21.9. The molecule has 4 unspecified atom stereocenters. The van der Waals surface area contributed by atoms with Gasteiger partial charge in [-0.1, -0.05) is 67.1 Å². The van der Waals surface area contributed by atoms with Gasteiger partial charge in [0.05, 0.1) is 14.1 Å². The number of nitrogens with one attached hydrogen (secondary N) is 1. The van der Waals surface area contributed by atoms with Crippen LogP contribution in [-0.4, -0.2) is 50.0 Å². The van der Waals surface area contributed by atoms with Gasteiger partial charge in [0.2, 0.25) is 11.8 Å². The van der Waals surface area contributed by atoms with Gasteiger partial charge in [0, 0.05) is 53.3 Å². The van der Waals surface area contributed by atoms with Crippen LogP contribution in [-0.2, 0) is 19.7 Å². The lowest BCUT2D eigenvalue weighted by Crippen LogP contribution is -2.58. The Labute approximate surface area is 276 Å². The second kappa shape index (κ2) is 13.9. The molecule has 2 amide bonds. The average Bonchev–Trinajstić information content (AvgIpc) is 3.24. The van der Waals surface area contributed by atoms with Crippen LogP contribution in [0.3, 0.4) is 0 Å². The van der Waals surface area contributed by atoms with Crippen molar-refractivity contribution in [3.05, 3.63) is 98.8 Å². The Kier molecular flexibility index (Phi) is 10.9. The van der Waals surface area contributed by atoms with Crippen LogP contribution >= 0.6 is 34.8 Å². The van der Waals surface area contributed by atoms with E-state index in [2.05, 4.69) is 31.9 Å². The molecule has 0 bridgehead atoms. The van der Waals surface area contributed by atoms with Gasteiger partial charge in [-0.25, -0.2) is 4.39 Å². The number of piperidine rings is 1. The number of hydrogen-bond acceptors (Lipinski definition) is 3. The van der Waals surface area contributed by atoms with Gasteiger partial charge in [-0.05, 0) is 78.9 Å². The number of nitrogens with zero attached hydrogens (tertiary/aromatic N) is 1. The maximum atomic E-state index is 14.7. The summed E-state index contributed by atoms with van der Waals surface area (Å²) >= 11 is 18.7. The second-order valence-corrected chi connectivity index (χ2v) is 19.4. The minimum absolute atomic E-state index is 0.0863. The quantitative estimate of drug-likeness (QED) is 0.201. The number of ether oxygens (including phenoxy) is 1. The maximum Gasteiger partial charge on any atom is 0.238 e. The topological polar surface area (TPSA) is 58.6 Å². The molecule has 1 N–H and O–H groups in total. The van der Waals surface area contributed by atoms with Gasteiger partial charge in [0.15, 0.2) is 0 Å². The van der Waals surface area contributed by atoms with Gasteiger partial charge in [0.1, 0.15) is 11.2 Å². The Morgan fingerprint density at radius 3 is 2.39 bits per heavy atom. The fourth-order valence-electron chi connectivity index (χ4n) is 6.24. The highest BCUT2D eigenvalue weighted by Crippen LogP contribution is 2.60. The number of anilines is 1.